The number of benzene rings is 2. The molecule has 0 aromatic heterocycles. The second-order valence-corrected chi connectivity index (χ2v) is 7.38. The van der Waals surface area contributed by atoms with Crippen molar-refractivity contribution in [1.29, 1.82) is 0 Å². The molecular weight excluding hydrogens is 300 g/mol. The van der Waals surface area contributed by atoms with Crippen molar-refractivity contribution in [3.63, 3.8) is 0 Å². The van der Waals surface area contributed by atoms with E-state index in [1.807, 2.05) is 11.8 Å². The fourth-order valence-electron chi connectivity index (χ4n) is 2.96. The predicted octanol–water partition coefficient (Wildman–Crippen LogP) is 6.11. The largest absolute Gasteiger partial charge is 0.366 e. The van der Waals surface area contributed by atoms with Crippen LogP contribution in [0.1, 0.15) is 49.4 Å². The van der Waals surface area contributed by atoms with Gasteiger partial charge in [0.25, 0.3) is 0 Å². The molecule has 23 heavy (non-hydrogen) atoms. The Kier molecular flexibility index (Phi) is 6.32. The molecule has 0 saturated heterocycles. The first-order valence-corrected chi connectivity index (χ1v) is 9.44. The van der Waals surface area contributed by atoms with E-state index in [1.54, 1.807) is 0 Å². The minimum atomic E-state index is -0.403. The molecule has 0 heterocycles. The molecule has 2 aromatic rings. The summed E-state index contributed by atoms with van der Waals surface area (Å²) >= 11 is 1.91. The smallest absolute Gasteiger partial charge is 0.115 e. The quantitative estimate of drug-likeness (QED) is 0.567. The van der Waals surface area contributed by atoms with E-state index in [0.717, 1.165) is 0 Å². The number of thioether (sulfide) groups is 1. The second-order valence-electron chi connectivity index (χ2n) is 6.22. The summed E-state index contributed by atoms with van der Waals surface area (Å²) < 4.78 is 6.23. The summed E-state index contributed by atoms with van der Waals surface area (Å²) in [6.07, 6.45) is 1.20. The van der Waals surface area contributed by atoms with Gasteiger partial charge in [0.15, 0.2) is 0 Å². The zero-order chi connectivity index (χ0) is 16.9. The maximum absolute atomic E-state index is 6.23. The topological polar surface area (TPSA) is 9.23 Å². The summed E-state index contributed by atoms with van der Waals surface area (Å²) in [5.41, 5.74) is 4.59. The van der Waals surface area contributed by atoms with Crippen molar-refractivity contribution in [2.24, 2.45) is 0 Å². The van der Waals surface area contributed by atoms with Gasteiger partial charge in [-0.1, -0.05) is 48.4 Å². The molecule has 1 unspecified atom stereocenters. The molecule has 1 nitrogen and oxygen atoms in total. The van der Waals surface area contributed by atoms with Gasteiger partial charge in [-0.05, 0) is 63.1 Å². The van der Waals surface area contributed by atoms with Gasteiger partial charge in [-0.3, -0.25) is 0 Å². The van der Waals surface area contributed by atoms with Crippen molar-refractivity contribution in [3.8, 4) is 0 Å². The molecule has 0 aliphatic heterocycles. The molecule has 0 amide bonds. The number of rotatable bonds is 7. The zero-order valence-corrected chi connectivity index (χ0v) is 15.8. The first kappa shape index (κ1) is 18.1. The molecule has 2 rings (SSSR count). The van der Waals surface area contributed by atoms with E-state index in [4.69, 9.17) is 4.74 Å². The zero-order valence-electron chi connectivity index (χ0n) is 15.0. The van der Waals surface area contributed by atoms with Gasteiger partial charge >= 0.3 is 0 Å². The van der Waals surface area contributed by atoms with Gasteiger partial charge in [0.05, 0.1) is 0 Å². The van der Waals surface area contributed by atoms with Crippen molar-refractivity contribution in [3.05, 3.63) is 64.7 Å². The molecule has 2 heteroatoms. The number of hydrogen-bond acceptors (Lipinski definition) is 2. The first-order valence-electron chi connectivity index (χ1n) is 8.45. The molecule has 0 aliphatic carbocycles. The molecular formula is C21H28OS. The molecule has 124 valence electrons. The molecule has 0 saturated carbocycles. The Hall–Kier alpha value is -1.25. The molecule has 0 aliphatic rings. The van der Waals surface area contributed by atoms with E-state index < -0.39 is 5.60 Å². The van der Waals surface area contributed by atoms with E-state index in [1.165, 1.54) is 39.3 Å². The summed E-state index contributed by atoms with van der Waals surface area (Å²) in [5, 5.41) is 0. The molecule has 2 aromatic carbocycles. The van der Waals surface area contributed by atoms with E-state index in [-0.39, 0.29) is 0 Å². The summed E-state index contributed by atoms with van der Waals surface area (Å²) in [6, 6.07) is 15.5. The highest BCUT2D eigenvalue weighted by molar-refractivity contribution is 7.99. The van der Waals surface area contributed by atoms with E-state index >= 15 is 0 Å². The van der Waals surface area contributed by atoms with Crippen LogP contribution in [0.15, 0.2) is 47.4 Å². The number of aryl methyl sites for hydroxylation is 2. The normalized spacial score (nSPS) is 13.8. The average molecular weight is 329 g/mol. The Labute approximate surface area is 145 Å². The maximum Gasteiger partial charge on any atom is 0.115 e. The van der Waals surface area contributed by atoms with Crippen molar-refractivity contribution in [1.82, 2.24) is 0 Å². The van der Waals surface area contributed by atoms with Gasteiger partial charge < -0.3 is 4.74 Å². The highest BCUT2D eigenvalue weighted by Gasteiger charge is 2.29. The van der Waals surface area contributed by atoms with Crippen LogP contribution in [0.2, 0.25) is 0 Å². The number of hydrogen-bond donors (Lipinski definition) is 0. The van der Waals surface area contributed by atoms with Crippen LogP contribution in [-0.2, 0) is 10.3 Å². The van der Waals surface area contributed by atoms with Crippen LogP contribution in [0.5, 0.6) is 0 Å². The van der Waals surface area contributed by atoms with Crippen molar-refractivity contribution in [2.75, 3.05) is 12.4 Å². The summed E-state index contributed by atoms with van der Waals surface area (Å²) in [4.78, 5) is 1.33. The van der Waals surface area contributed by atoms with Gasteiger partial charge in [0, 0.05) is 11.5 Å². The Morgan fingerprint density at radius 3 is 2.04 bits per heavy atom. The van der Waals surface area contributed by atoms with Crippen molar-refractivity contribution in [2.45, 2.75) is 51.5 Å². The van der Waals surface area contributed by atoms with E-state index in [9.17, 15) is 0 Å². The van der Waals surface area contributed by atoms with Gasteiger partial charge in [-0.15, -0.1) is 11.8 Å². The Bertz CT molecular complexity index is 613. The van der Waals surface area contributed by atoms with Crippen molar-refractivity contribution < 1.29 is 4.74 Å². The minimum Gasteiger partial charge on any atom is -0.366 e. The van der Waals surface area contributed by atoms with Gasteiger partial charge in [-0.25, -0.2) is 0 Å². The van der Waals surface area contributed by atoms with Gasteiger partial charge in [0.1, 0.15) is 5.60 Å². The SMILES string of the molecule is CCCSc1ccc(C(C)(OCC)c2cc(C)cc(C)c2)cc1. The van der Waals surface area contributed by atoms with Crippen LogP contribution in [0, 0.1) is 13.8 Å². The van der Waals surface area contributed by atoms with Crippen LogP contribution in [-0.4, -0.2) is 12.4 Å². The Morgan fingerprint density at radius 1 is 0.913 bits per heavy atom. The van der Waals surface area contributed by atoms with Crippen LogP contribution in [0.3, 0.4) is 0 Å². The van der Waals surface area contributed by atoms with E-state index in [0.29, 0.717) is 6.61 Å². The first-order chi connectivity index (χ1) is 11.0. The Balaban J connectivity index is 2.39. The third-order valence-electron chi connectivity index (χ3n) is 4.08. The number of ether oxygens (including phenoxy) is 1. The van der Waals surface area contributed by atoms with Crippen LogP contribution in [0.4, 0.5) is 0 Å². The van der Waals surface area contributed by atoms with Gasteiger partial charge in [-0.2, -0.15) is 0 Å². The molecule has 1 atom stereocenters. The lowest BCUT2D eigenvalue weighted by Gasteiger charge is -2.31. The standard InChI is InChI=1S/C21H28OS/c1-6-12-23-20-10-8-18(9-11-20)21(5,22-7-2)19-14-16(3)13-17(4)15-19/h8-11,13-15H,6-7,12H2,1-5H3. The summed E-state index contributed by atoms with van der Waals surface area (Å²) in [7, 11) is 0. The lowest BCUT2D eigenvalue weighted by atomic mass is 9.86. The fraction of sp³-hybridized carbons (Fsp3) is 0.429. The van der Waals surface area contributed by atoms with Crippen LogP contribution < -0.4 is 0 Å². The highest BCUT2D eigenvalue weighted by atomic mass is 32.2. The van der Waals surface area contributed by atoms with Gasteiger partial charge in [0.2, 0.25) is 0 Å². The molecule has 0 spiro atoms. The fourth-order valence-corrected chi connectivity index (χ4v) is 3.73. The minimum absolute atomic E-state index is 0.403. The lowest BCUT2D eigenvalue weighted by molar-refractivity contribution is 0.00393. The molecule has 0 N–H and O–H groups in total. The van der Waals surface area contributed by atoms with Crippen LogP contribution in [0.25, 0.3) is 0 Å². The van der Waals surface area contributed by atoms with Crippen molar-refractivity contribution >= 4 is 11.8 Å². The van der Waals surface area contributed by atoms with Crippen LogP contribution >= 0.6 is 11.8 Å². The maximum atomic E-state index is 6.23. The molecule has 0 radical (unpaired) electrons. The second kappa shape index (κ2) is 8.03. The third-order valence-corrected chi connectivity index (χ3v) is 5.30. The predicted molar refractivity (Wildman–Crippen MR) is 101 cm³/mol. The lowest BCUT2D eigenvalue weighted by Crippen LogP contribution is -2.27. The third kappa shape index (κ3) is 4.39. The molecule has 0 fully saturated rings. The van der Waals surface area contributed by atoms with E-state index in [2.05, 4.69) is 77.1 Å². The average Bonchev–Trinajstić information content (AvgIpc) is 2.52. The summed E-state index contributed by atoms with van der Waals surface area (Å²) in [6.45, 7) is 11.4. The Morgan fingerprint density at radius 2 is 1.52 bits per heavy atom. The molecule has 0 bridgehead atoms. The highest BCUT2D eigenvalue weighted by Crippen LogP contribution is 2.35. The summed E-state index contributed by atoms with van der Waals surface area (Å²) in [5.74, 6) is 1.17. The monoisotopic (exact) mass is 328 g/mol.